The number of ether oxygens (including phenoxy) is 1. The quantitative estimate of drug-likeness (QED) is 0.844. The SMILES string of the molecule is COc1ccc(CNC(=O)NC[C@@H]2CCCN2c2nccs2)cc1. The van der Waals surface area contributed by atoms with Gasteiger partial charge in [-0.2, -0.15) is 0 Å². The van der Waals surface area contributed by atoms with E-state index in [1.807, 2.05) is 35.8 Å². The van der Waals surface area contributed by atoms with Gasteiger partial charge in [-0.15, -0.1) is 11.3 Å². The summed E-state index contributed by atoms with van der Waals surface area (Å²) in [5.74, 6) is 0.812. The molecule has 1 aromatic heterocycles. The van der Waals surface area contributed by atoms with Gasteiger partial charge in [0.2, 0.25) is 0 Å². The van der Waals surface area contributed by atoms with Crippen LogP contribution < -0.4 is 20.3 Å². The summed E-state index contributed by atoms with van der Waals surface area (Å²) < 4.78 is 5.12. The Morgan fingerprint density at radius 2 is 2.21 bits per heavy atom. The zero-order valence-electron chi connectivity index (χ0n) is 13.7. The van der Waals surface area contributed by atoms with Crippen molar-refractivity contribution in [3.63, 3.8) is 0 Å². The van der Waals surface area contributed by atoms with Gasteiger partial charge in [0.1, 0.15) is 5.75 Å². The number of thiazole rings is 1. The van der Waals surface area contributed by atoms with E-state index in [1.54, 1.807) is 18.4 Å². The van der Waals surface area contributed by atoms with E-state index in [0.717, 1.165) is 35.8 Å². The zero-order valence-corrected chi connectivity index (χ0v) is 14.5. The molecule has 0 spiro atoms. The van der Waals surface area contributed by atoms with E-state index in [9.17, 15) is 4.79 Å². The molecule has 0 radical (unpaired) electrons. The molecule has 2 N–H and O–H groups in total. The first-order chi connectivity index (χ1) is 11.8. The fourth-order valence-electron chi connectivity index (χ4n) is 2.86. The molecule has 7 heteroatoms. The molecule has 0 saturated carbocycles. The highest BCUT2D eigenvalue weighted by Crippen LogP contribution is 2.26. The van der Waals surface area contributed by atoms with E-state index < -0.39 is 0 Å². The van der Waals surface area contributed by atoms with Crippen LogP contribution in [0.4, 0.5) is 9.93 Å². The normalized spacial score (nSPS) is 16.9. The molecule has 2 heterocycles. The summed E-state index contributed by atoms with van der Waals surface area (Å²) in [6.07, 6.45) is 4.04. The van der Waals surface area contributed by atoms with Crippen LogP contribution in [0, 0.1) is 0 Å². The maximum atomic E-state index is 12.0. The molecule has 1 aliphatic rings. The molecule has 1 aliphatic heterocycles. The van der Waals surface area contributed by atoms with Crippen molar-refractivity contribution < 1.29 is 9.53 Å². The highest BCUT2D eigenvalue weighted by molar-refractivity contribution is 7.13. The number of benzene rings is 1. The largest absolute Gasteiger partial charge is 0.497 e. The first-order valence-electron chi connectivity index (χ1n) is 8.07. The van der Waals surface area contributed by atoms with Gasteiger partial charge in [-0.3, -0.25) is 0 Å². The lowest BCUT2D eigenvalue weighted by atomic mass is 10.2. The van der Waals surface area contributed by atoms with Crippen LogP contribution in [0.25, 0.3) is 0 Å². The molecule has 0 bridgehead atoms. The summed E-state index contributed by atoms with van der Waals surface area (Å²) in [7, 11) is 1.64. The van der Waals surface area contributed by atoms with Crippen molar-refractivity contribution in [1.82, 2.24) is 15.6 Å². The van der Waals surface area contributed by atoms with Crippen LogP contribution in [0.15, 0.2) is 35.8 Å². The number of urea groups is 1. The van der Waals surface area contributed by atoms with Crippen LogP contribution in [-0.2, 0) is 6.54 Å². The van der Waals surface area contributed by atoms with Gasteiger partial charge in [-0.25, -0.2) is 9.78 Å². The van der Waals surface area contributed by atoms with Gasteiger partial charge in [0.05, 0.1) is 7.11 Å². The van der Waals surface area contributed by atoms with Crippen LogP contribution in [-0.4, -0.2) is 37.3 Å². The van der Waals surface area contributed by atoms with Gasteiger partial charge in [0.15, 0.2) is 5.13 Å². The molecule has 6 nitrogen and oxygen atoms in total. The third-order valence-electron chi connectivity index (χ3n) is 4.15. The van der Waals surface area contributed by atoms with Gasteiger partial charge in [0, 0.05) is 37.3 Å². The van der Waals surface area contributed by atoms with Crippen LogP contribution >= 0.6 is 11.3 Å². The summed E-state index contributed by atoms with van der Waals surface area (Å²) in [6.45, 7) is 2.14. The lowest BCUT2D eigenvalue weighted by molar-refractivity contribution is 0.240. The Bertz CT molecular complexity index is 645. The predicted octanol–water partition coefficient (Wildman–Crippen LogP) is 2.62. The fourth-order valence-corrected chi connectivity index (χ4v) is 3.60. The molecule has 0 unspecified atom stereocenters. The molecular weight excluding hydrogens is 324 g/mol. The second-order valence-corrected chi connectivity index (χ2v) is 6.59. The fraction of sp³-hybridized carbons (Fsp3) is 0.412. The minimum Gasteiger partial charge on any atom is -0.497 e. The lowest BCUT2D eigenvalue weighted by Crippen LogP contribution is -2.43. The molecular formula is C17H22N4O2S. The number of amides is 2. The lowest BCUT2D eigenvalue weighted by Gasteiger charge is -2.24. The highest BCUT2D eigenvalue weighted by Gasteiger charge is 2.26. The van der Waals surface area contributed by atoms with E-state index in [-0.39, 0.29) is 6.03 Å². The molecule has 1 saturated heterocycles. The number of anilines is 1. The van der Waals surface area contributed by atoms with Crippen LogP contribution in [0.3, 0.4) is 0 Å². The van der Waals surface area contributed by atoms with Crippen molar-refractivity contribution in [3.8, 4) is 5.75 Å². The number of nitrogens with zero attached hydrogens (tertiary/aromatic N) is 2. The highest BCUT2D eigenvalue weighted by atomic mass is 32.1. The first-order valence-corrected chi connectivity index (χ1v) is 8.95. The average Bonchev–Trinajstić information content (AvgIpc) is 3.29. The zero-order chi connectivity index (χ0) is 16.8. The Morgan fingerprint density at radius 3 is 2.92 bits per heavy atom. The van der Waals surface area contributed by atoms with Gasteiger partial charge >= 0.3 is 6.03 Å². The molecule has 24 heavy (non-hydrogen) atoms. The van der Waals surface area contributed by atoms with Crippen molar-refractivity contribution in [2.24, 2.45) is 0 Å². The molecule has 1 atom stereocenters. The smallest absolute Gasteiger partial charge is 0.315 e. The molecule has 2 amide bonds. The molecule has 1 fully saturated rings. The van der Waals surface area contributed by atoms with E-state index in [0.29, 0.717) is 19.1 Å². The average molecular weight is 346 g/mol. The topological polar surface area (TPSA) is 66.5 Å². The molecule has 0 aliphatic carbocycles. The van der Waals surface area contributed by atoms with Crippen LogP contribution in [0.5, 0.6) is 5.75 Å². The number of methoxy groups -OCH3 is 1. The molecule has 1 aromatic carbocycles. The summed E-state index contributed by atoms with van der Waals surface area (Å²) in [5, 5.41) is 8.88. The first kappa shape index (κ1) is 16.6. The second kappa shape index (κ2) is 8.01. The third kappa shape index (κ3) is 4.17. The Balaban J connectivity index is 1.43. The number of rotatable bonds is 6. The van der Waals surface area contributed by atoms with E-state index in [2.05, 4.69) is 20.5 Å². The van der Waals surface area contributed by atoms with Crippen molar-refractivity contribution in [1.29, 1.82) is 0 Å². The van der Waals surface area contributed by atoms with Gasteiger partial charge in [-0.05, 0) is 30.5 Å². The summed E-state index contributed by atoms with van der Waals surface area (Å²) in [4.78, 5) is 18.7. The number of nitrogens with one attached hydrogen (secondary N) is 2. The second-order valence-electron chi connectivity index (χ2n) is 5.72. The molecule has 2 aromatic rings. The van der Waals surface area contributed by atoms with Crippen LogP contribution in [0.2, 0.25) is 0 Å². The summed E-state index contributed by atoms with van der Waals surface area (Å²) in [5.41, 5.74) is 1.04. The number of hydrogen-bond donors (Lipinski definition) is 2. The molecule has 3 rings (SSSR count). The number of hydrogen-bond acceptors (Lipinski definition) is 5. The number of carbonyl (C=O) groups excluding carboxylic acids is 1. The number of carbonyl (C=O) groups is 1. The Kier molecular flexibility index (Phi) is 5.53. The summed E-state index contributed by atoms with van der Waals surface area (Å²) >= 11 is 1.64. The Labute approximate surface area is 145 Å². The number of aromatic nitrogens is 1. The maximum Gasteiger partial charge on any atom is 0.315 e. The van der Waals surface area contributed by atoms with E-state index in [1.165, 1.54) is 0 Å². The van der Waals surface area contributed by atoms with Gasteiger partial charge in [-0.1, -0.05) is 12.1 Å². The minimum absolute atomic E-state index is 0.142. The van der Waals surface area contributed by atoms with Crippen LogP contribution in [0.1, 0.15) is 18.4 Å². The van der Waals surface area contributed by atoms with Gasteiger partial charge in [0.25, 0.3) is 0 Å². The van der Waals surface area contributed by atoms with E-state index in [4.69, 9.17) is 4.74 Å². The van der Waals surface area contributed by atoms with Crippen molar-refractivity contribution in [2.75, 3.05) is 25.1 Å². The van der Waals surface area contributed by atoms with Crippen molar-refractivity contribution in [3.05, 3.63) is 41.4 Å². The molecule has 128 valence electrons. The Hall–Kier alpha value is -2.28. The standard InChI is InChI=1S/C17H22N4O2S/c1-23-15-6-4-13(5-7-15)11-19-16(22)20-12-14-3-2-9-21(14)17-18-8-10-24-17/h4-8,10,14H,2-3,9,11-12H2,1H3,(H2,19,20,22)/t14-/m0/s1. The monoisotopic (exact) mass is 346 g/mol. The Morgan fingerprint density at radius 1 is 1.38 bits per heavy atom. The van der Waals surface area contributed by atoms with Crippen molar-refractivity contribution in [2.45, 2.75) is 25.4 Å². The minimum atomic E-state index is -0.142. The predicted molar refractivity (Wildman–Crippen MR) is 95.7 cm³/mol. The summed E-state index contributed by atoms with van der Waals surface area (Å²) in [6, 6.07) is 7.85. The van der Waals surface area contributed by atoms with Gasteiger partial charge < -0.3 is 20.3 Å². The maximum absolute atomic E-state index is 12.0. The third-order valence-corrected chi connectivity index (χ3v) is 4.96. The van der Waals surface area contributed by atoms with E-state index >= 15 is 0 Å². The van der Waals surface area contributed by atoms with Crippen molar-refractivity contribution >= 4 is 22.5 Å².